The monoisotopic (exact) mass is 409 g/mol. The van der Waals surface area contributed by atoms with Crippen LogP contribution < -0.4 is 10.6 Å². The van der Waals surface area contributed by atoms with Crippen LogP contribution in [0.4, 0.5) is 0 Å². The number of carbonyl (C=O) groups excluding carboxylic acids is 3. The number of fused-ring (bicyclic) bond motifs is 1. The molecule has 3 aromatic rings. The Bertz CT molecular complexity index is 1180. The van der Waals surface area contributed by atoms with Crippen molar-refractivity contribution in [1.29, 1.82) is 0 Å². The summed E-state index contributed by atoms with van der Waals surface area (Å²) in [5, 5.41) is 5.68. The van der Waals surface area contributed by atoms with E-state index >= 15 is 0 Å². The van der Waals surface area contributed by atoms with Crippen molar-refractivity contribution in [2.75, 3.05) is 7.11 Å². The molecule has 0 unspecified atom stereocenters. The molecule has 1 fully saturated rings. The minimum absolute atomic E-state index is 0.0150. The molecule has 9 heteroatoms. The van der Waals surface area contributed by atoms with Gasteiger partial charge in [-0.25, -0.2) is 4.79 Å². The van der Waals surface area contributed by atoms with Crippen LogP contribution in [0, 0.1) is 0 Å². The molecule has 1 aliphatic rings. The molecular weight excluding hydrogens is 394 g/mol. The average Bonchev–Trinajstić information content (AvgIpc) is 3.30. The van der Waals surface area contributed by atoms with Crippen molar-refractivity contribution in [3.05, 3.63) is 65.3 Å². The maximum atomic E-state index is 12.2. The molecule has 1 aromatic carbocycles. The Hall–Kier alpha value is -3.72. The highest BCUT2D eigenvalue weighted by atomic mass is 32.1. The van der Waals surface area contributed by atoms with Crippen LogP contribution in [0.25, 0.3) is 17.0 Å². The van der Waals surface area contributed by atoms with E-state index in [4.69, 9.17) is 16.6 Å². The van der Waals surface area contributed by atoms with Crippen molar-refractivity contribution < 1.29 is 23.5 Å². The number of nitrogens with zero attached hydrogens (tertiary/aromatic N) is 1. The van der Waals surface area contributed by atoms with Crippen molar-refractivity contribution in [3.8, 4) is 0 Å². The Morgan fingerprint density at radius 3 is 2.62 bits per heavy atom. The van der Waals surface area contributed by atoms with Crippen LogP contribution in [-0.2, 0) is 20.9 Å². The third-order valence-electron chi connectivity index (χ3n) is 4.44. The van der Waals surface area contributed by atoms with Gasteiger partial charge in [-0.15, -0.1) is 0 Å². The van der Waals surface area contributed by atoms with E-state index in [1.54, 1.807) is 12.1 Å². The van der Waals surface area contributed by atoms with Gasteiger partial charge in [-0.3, -0.25) is 20.2 Å². The number of methoxy groups -OCH3 is 1. The molecule has 0 atom stereocenters. The van der Waals surface area contributed by atoms with Crippen LogP contribution in [0.1, 0.15) is 21.9 Å². The molecule has 2 aromatic heterocycles. The molecule has 1 saturated heterocycles. The number of benzene rings is 1. The first-order chi connectivity index (χ1) is 14.0. The fourth-order valence-electron chi connectivity index (χ4n) is 3.12. The largest absolute Gasteiger partial charge is 0.463 e. The number of aromatic nitrogens is 1. The van der Waals surface area contributed by atoms with Gasteiger partial charge in [0.15, 0.2) is 5.11 Å². The summed E-state index contributed by atoms with van der Waals surface area (Å²) in [5.74, 6) is -0.975. The van der Waals surface area contributed by atoms with E-state index in [1.165, 1.54) is 13.2 Å². The zero-order valence-corrected chi connectivity index (χ0v) is 16.0. The number of amides is 2. The van der Waals surface area contributed by atoms with E-state index in [0.717, 1.165) is 10.9 Å². The number of nitrogens with one attached hydrogen (secondary N) is 2. The highest BCUT2D eigenvalue weighted by Crippen LogP contribution is 2.25. The fraction of sp³-hybridized carbons (Fsp3) is 0.100. The van der Waals surface area contributed by atoms with Gasteiger partial charge in [0.25, 0.3) is 11.8 Å². The number of furan rings is 1. The molecule has 0 radical (unpaired) electrons. The van der Waals surface area contributed by atoms with Gasteiger partial charge in [-0.05, 0) is 36.5 Å². The van der Waals surface area contributed by atoms with Gasteiger partial charge in [-0.1, -0.05) is 18.2 Å². The standard InChI is InChI=1S/C20H15N3O5S/c1-27-19(26)16-7-6-12(28-16)10-23-9-11(13-4-2-3-5-15(13)23)8-14-17(24)21-20(29)22-18(14)25/h2-9H,10H2,1H3,(H2,21,22,24,25,29). The van der Waals surface area contributed by atoms with E-state index < -0.39 is 17.8 Å². The number of hydrogen-bond acceptors (Lipinski definition) is 6. The summed E-state index contributed by atoms with van der Waals surface area (Å²) in [4.78, 5) is 35.9. The molecule has 4 rings (SSSR count). The van der Waals surface area contributed by atoms with Crippen LogP contribution in [0.2, 0.25) is 0 Å². The summed E-state index contributed by atoms with van der Waals surface area (Å²) in [7, 11) is 1.29. The first-order valence-corrected chi connectivity index (χ1v) is 9.00. The summed E-state index contributed by atoms with van der Waals surface area (Å²) in [6, 6.07) is 10.8. The molecule has 1 aliphatic heterocycles. The maximum Gasteiger partial charge on any atom is 0.373 e. The quantitative estimate of drug-likeness (QED) is 0.296. The van der Waals surface area contributed by atoms with Crippen LogP contribution in [-0.4, -0.2) is 34.6 Å². The Balaban J connectivity index is 1.72. The van der Waals surface area contributed by atoms with Gasteiger partial charge in [0.2, 0.25) is 5.76 Å². The average molecular weight is 409 g/mol. The summed E-state index contributed by atoms with van der Waals surface area (Å²) < 4.78 is 12.1. The minimum atomic E-state index is -0.552. The predicted molar refractivity (Wildman–Crippen MR) is 108 cm³/mol. The van der Waals surface area contributed by atoms with Gasteiger partial charge in [-0.2, -0.15) is 0 Å². The second kappa shape index (κ2) is 7.36. The molecule has 2 amide bonds. The Labute approximate surface area is 170 Å². The zero-order chi connectivity index (χ0) is 20.5. The highest BCUT2D eigenvalue weighted by Gasteiger charge is 2.26. The lowest BCUT2D eigenvalue weighted by Crippen LogP contribution is -2.51. The number of esters is 1. The van der Waals surface area contributed by atoms with E-state index in [9.17, 15) is 14.4 Å². The van der Waals surface area contributed by atoms with Crippen LogP contribution in [0.15, 0.2) is 52.6 Å². The SMILES string of the molecule is COC(=O)c1ccc(Cn2cc(C=C3C(=O)NC(=S)NC3=O)c3ccccc32)o1. The number of carbonyl (C=O) groups is 3. The first-order valence-electron chi connectivity index (χ1n) is 8.59. The zero-order valence-electron chi connectivity index (χ0n) is 15.2. The smallest absolute Gasteiger partial charge is 0.373 e. The van der Waals surface area contributed by atoms with Crippen molar-refractivity contribution in [2.24, 2.45) is 0 Å². The molecule has 0 spiro atoms. The van der Waals surface area contributed by atoms with E-state index in [2.05, 4.69) is 15.4 Å². The lowest BCUT2D eigenvalue weighted by molar-refractivity contribution is -0.123. The lowest BCUT2D eigenvalue weighted by Gasteiger charge is -2.16. The topological polar surface area (TPSA) is 103 Å². The van der Waals surface area contributed by atoms with Crippen LogP contribution >= 0.6 is 12.2 Å². The van der Waals surface area contributed by atoms with E-state index in [1.807, 2.05) is 35.0 Å². The third-order valence-corrected chi connectivity index (χ3v) is 4.64. The minimum Gasteiger partial charge on any atom is -0.463 e. The lowest BCUT2D eigenvalue weighted by atomic mass is 10.1. The van der Waals surface area contributed by atoms with Gasteiger partial charge in [0, 0.05) is 22.7 Å². The second-order valence-corrected chi connectivity index (χ2v) is 6.69. The summed E-state index contributed by atoms with van der Waals surface area (Å²) in [5.41, 5.74) is 1.53. The Kier molecular flexibility index (Phi) is 4.73. The molecule has 3 heterocycles. The predicted octanol–water partition coefficient (Wildman–Crippen LogP) is 1.98. The first kappa shape index (κ1) is 18.6. The molecule has 0 aliphatic carbocycles. The number of hydrogen-bond donors (Lipinski definition) is 2. The van der Waals surface area contributed by atoms with Crippen LogP contribution in [0.3, 0.4) is 0 Å². The maximum absolute atomic E-state index is 12.2. The van der Waals surface area contributed by atoms with Gasteiger partial charge >= 0.3 is 5.97 Å². The third kappa shape index (κ3) is 3.55. The summed E-state index contributed by atoms with van der Waals surface area (Å²) in [6.45, 7) is 0.350. The van der Waals surface area contributed by atoms with Crippen molar-refractivity contribution in [1.82, 2.24) is 15.2 Å². The van der Waals surface area contributed by atoms with E-state index in [0.29, 0.717) is 17.9 Å². The van der Waals surface area contributed by atoms with Crippen molar-refractivity contribution >= 4 is 52.1 Å². The van der Waals surface area contributed by atoms with Gasteiger partial charge < -0.3 is 13.7 Å². The normalized spacial score (nSPS) is 14.0. The Morgan fingerprint density at radius 1 is 1.17 bits per heavy atom. The number of rotatable bonds is 4. The summed E-state index contributed by atoms with van der Waals surface area (Å²) >= 11 is 4.82. The summed E-state index contributed by atoms with van der Waals surface area (Å²) in [6.07, 6.45) is 3.33. The molecule has 146 valence electrons. The molecule has 0 bridgehead atoms. The number of thiocarbonyl (C=S) groups is 1. The molecule has 8 nitrogen and oxygen atoms in total. The highest BCUT2D eigenvalue weighted by molar-refractivity contribution is 7.80. The van der Waals surface area contributed by atoms with Crippen LogP contribution in [0.5, 0.6) is 0 Å². The van der Waals surface area contributed by atoms with Crippen molar-refractivity contribution in [3.63, 3.8) is 0 Å². The van der Waals surface area contributed by atoms with Gasteiger partial charge in [0.05, 0.1) is 13.7 Å². The molecule has 2 N–H and O–H groups in total. The number of para-hydroxylation sites is 1. The molecule has 29 heavy (non-hydrogen) atoms. The number of ether oxygens (including phenoxy) is 1. The van der Waals surface area contributed by atoms with Crippen molar-refractivity contribution in [2.45, 2.75) is 6.54 Å². The Morgan fingerprint density at radius 2 is 1.90 bits per heavy atom. The fourth-order valence-corrected chi connectivity index (χ4v) is 3.31. The van der Waals surface area contributed by atoms with E-state index in [-0.39, 0.29) is 16.4 Å². The molecule has 0 saturated carbocycles. The second-order valence-electron chi connectivity index (χ2n) is 6.28. The molecular formula is C20H15N3O5S. The van der Waals surface area contributed by atoms with Gasteiger partial charge in [0.1, 0.15) is 11.3 Å².